The van der Waals surface area contributed by atoms with Crippen molar-refractivity contribution in [1.29, 1.82) is 0 Å². The molecule has 1 unspecified atom stereocenters. The molecule has 82 valence electrons. The Labute approximate surface area is 89.6 Å². The second-order valence-corrected chi connectivity index (χ2v) is 3.21. The number of aliphatic hydroxyl groups excluding tert-OH is 1. The molecule has 0 aliphatic rings. The van der Waals surface area contributed by atoms with Gasteiger partial charge in [-0.25, -0.2) is 4.79 Å². The van der Waals surface area contributed by atoms with Crippen LogP contribution >= 0.6 is 0 Å². The summed E-state index contributed by atoms with van der Waals surface area (Å²) in [6.07, 6.45) is 3.15. The summed E-state index contributed by atoms with van der Waals surface area (Å²) in [5, 5.41) is 9.89. The minimum atomic E-state index is -1.08. The molecule has 6 heteroatoms. The Bertz CT molecular complexity index is 588. The Morgan fingerprint density at radius 1 is 1.25 bits per heavy atom. The lowest BCUT2D eigenvalue weighted by atomic mass is 10.1. The first kappa shape index (κ1) is 10.3. The van der Waals surface area contributed by atoms with Crippen molar-refractivity contribution in [2.24, 2.45) is 0 Å². The monoisotopic (exact) mass is 219 g/mol. The van der Waals surface area contributed by atoms with Gasteiger partial charge in [0.05, 0.1) is 5.56 Å². The van der Waals surface area contributed by atoms with Gasteiger partial charge in [-0.1, -0.05) is 0 Å². The van der Waals surface area contributed by atoms with Crippen molar-refractivity contribution >= 4 is 0 Å². The fourth-order valence-electron chi connectivity index (χ4n) is 1.35. The van der Waals surface area contributed by atoms with Crippen LogP contribution in [0.15, 0.2) is 40.3 Å². The van der Waals surface area contributed by atoms with Gasteiger partial charge >= 0.3 is 5.69 Å². The van der Waals surface area contributed by atoms with Crippen LogP contribution in [0.1, 0.15) is 17.2 Å². The molecule has 0 saturated carbocycles. The smallest absolute Gasteiger partial charge is 0.325 e. The minimum absolute atomic E-state index is 0.0887. The molecule has 0 saturated heterocycles. The van der Waals surface area contributed by atoms with Gasteiger partial charge in [0, 0.05) is 18.6 Å². The Hall–Kier alpha value is -2.21. The summed E-state index contributed by atoms with van der Waals surface area (Å²) >= 11 is 0. The maximum absolute atomic E-state index is 11.4. The fraction of sp³-hybridized carbons (Fsp3) is 0.100. The zero-order valence-corrected chi connectivity index (χ0v) is 8.18. The maximum atomic E-state index is 11.4. The predicted octanol–water partition coefficient (Wildman–Crippen LogP) is -0.460. The molecule has 0 spiro atoms. The molecule has 2 aromatic heterocycles. The molecule has 0 fully saturated rings. The summed E-state index contributed by atoms with van der Waals surface area (Å²) < 4.78 is 0. The first-order valence-electron chi connectivity index (χ1n) is 4.58. The molecule has 2 aromatic rings. The lowest BCUT2D eigenvalue weighted by Gasteiger charge is -2.08. The third kappa shape index (κ3) is 1.91. The van der Waals surface area contributed by atoms with E-state index in [-0.39, 0.29) is 5.56 Å². The van der Waals surface area contributed by atoms with Crippen LogP contribution in [0.3, 0.4) is 0 Å². The molecule has 2 rings (SSSR count). The molecule has 0 aliphatic heterocycles. The fourth-order valence-corrected chi connectivity index (χ4v) is 1.35. The molecule has 16 heavy (non-hydrogen) atoms. The van der Waals surface area contributed by atoms with E-state index in [0.29, 0.717) is 5.56 Å². The van der Waals surface area contributed by atoms with Crippen molar-refractivity contribution in [2.75, 3.05) is 0 Å². The third-order valence-electron chi connectivity index (χ3n) is 2.16. The summed E-state index contributed by atoms with van der Waals surface area (Å²) in [5.74, 6) is 0. The third-order valence-corrected chi connectivity index (χ3v) is 2.16. The largest absolute Gasteiger partial charge is 0.383 e. The molecule has 0 bridgehead atoms. The van der Waals surface area contributed by atoms with Crippen LogP contribution in [0, 0.1) is 0 Å². The van der Waals surface area contributed by atoms with E-state index in [1.54, 1.807) is 12.1 Å². The lowest BCUT2D eigenvalue weighted by Crippen LogP contribution is -2.26. The van der Waals surface area contributed by atoms with Crippen LogP contribution in [0.5, 0.6) is 0 Å². The zero-order valence-electron chi connectivity index (χ0n) is 8.18. The number of aliphatic hydroxyl groups is 1. The van der Waals surface area contributed by atoms with Gasteiger partial charge in [-0.2, -0.15) is 0 Å². The van der Waals surface area contributed by atoms with Gasteiger partial charge in [0.2, 0.25) is 0 Å². The van der Waals surface area contributed by atoms with Gasteiger partial charge in [0.1, 0.15) is 6.10 Å². The number of H-pyrrole nitrogens is 2. The summed E-state index contributed by atoms with van der Waals surface area (Å²) in [6, 6.07) is 3.18. The van der Waals surface area contributed by atoms with E-state index in [2.05, 4.69) is 9.97 Å². The molecule has 3 N–H and O–H groups in total. The van der Waals surface area contributed by atoms with Gasteiger partial charge in [-0.05, 0) is 17.7 Å². The first-order valence-corrected chi connectivity index (χ1v) is 4.58. The molecule has 1 atom stereocenters. The second kappa shape index (κ2) is 4.11. The highest BCUT2D eigenvalue weighted by molar-refractivity contribution is 5.24. The van der Waals surface area contributed by atoms with Crippen molar-refractivity contribution in [3.63, 3.8) is 0 Å². The van der Waals surface area contributed by atoms with E-state index in [0.717, 1.165) is 0 Å². The van der Waals surface area contributed by atoms with E-state index >= 15 is 0 Å². The molecule has 6 nitrogen and oxygen atoms in total. The van der Waals surface area contributed by atoms with Gasteiger partial charge in [-0.15, -0.1) is 0 Å². The molecular formula is C10H9N3O3. The number of nitrogens with zero attached hydrogens (tertiary/aromatic N) is 1. The topological polar surface area (TPSA) is 98.8 Å². The molecule has 0 radical (unpaired) electrons. The van der Waals surface area contributed by atoms with E-state index in [1.807, 2.05) is 4.98 Å². The highest BCUT2D eigenvalue weighted by Gasteiger charge is 2.13. The number of nitrogens with one attached hydrogen (secondary N) is 2. The molecule has 0 aromatic carbocycles. The minimum Gasteiger partial charge on any atom is -0.383 e. The van der Waals surface area contributed by atoms with E-state index in [9.17, 15) is 14.7 Å². The average molecular weight is 219 g/mol. The van der Waals surface area contributed by atoms with Gasteiger partial charge in [0.25, 0.3) is 5.56 Å². The second-order valence-electron chi connectivity index (χ2n) is 3.21. The molecular weight excluding hydrogens is 210 g/mol. The first-order chi connectivity index (χ1) is 7.68. The summed E-state index contributed by atoms with van der Waals surface area (Å²) in [7, 11) is 0. The van der Waals surface area contributed by atoms with E-state index in [1.165, 1.54) is 18.6 Å². The normalized spacial score (nSPS) is 12.3. The molecule has 0 amide bonds. The molecule has 2 heterocycles. The number of aromatic amines is 2. The van der Waals surface area contributed by atoms with Crippen LogP contribution in [-0.4, -0.2) is 20.1 Å². The van der Waals surface area contributed by atoms with Crippen LogP contribution in [0.2, 0.25) is 0 Å². The lowest BCUT2D eigenvalue weighted by molar-refractivity contribution is 0.218. The maximum Gasteiger partial charge on any atom is 0.325 e. The van der Waals surface area contributed by atoms with Gasteiger partial charge < -0.3 is 10.1 Å². The average Bonchev–Trinajstić information content (AvgIpc) is 2.29. The highest BCUT2D eigenvalue weighted by atomic mass is 16.3. The number of rotatable bonds is 2. The van der Waals surface area contributed by atoms with Gasteiger partial charge in [0.15, 0.2) is 0 Å². The van der Waals surface area contributed by atoms with Gasteiger partial charge in [-0.3, -0.25) is 14.8 Å². The number of hydrogen-bond acceptors (Lipinski definition) is 4. The van der Waals surface area contributed by atoms with E-state index < -0.39 is 17.4 Å². The summed E-state index contributed by atoms with van der Waals surface area (Å²) in [6.45, 7) is 0. The molecule has 0 aliphatic carbocycles. The Kier molecular flexibility index (Phi) is 2.65. The Morgan fingerprint density at radius 3 is 2.56 bits per heavy atom. The van der Waals surface area contributed by atoms with Crippen molar-refractivity contribution in [3.8, 4) is 0 Å². The number of aromatic nitrogens is 3. The zero-order chi connectivity index (χ0) is 11.5. The van der Waals surface area contributed by atoms with Crippen LogP contribution < -0.4 is 11.2 Å². The summed E-state index contributed by atoms with van der Waals surface area (Å²) in [4.78, 5) is 30.4. The number of hydrogen-bond donors (Lipinski definition) is 3. The van der Waals surface area contributed by atoms with E-state index in [4.69, 9.17) is 0 Å². The van der Waals surface area contributed by atoms with Crippen LogP contribution in [0.4, 0.5) is 0 Å². The van der Waals surface area contributed by atoms with Crippen molar-refractivity contribution in [2.45, 2.75) is 6.10 Å². The summed E-state index contributed by atoms with van der Waals surface area (Å²) in [5.41, 5.74) is -0.581. The van der Waals surface area contributed by atoms with Crippen molar-refractivity contribution in [3.05, 3.63) is 62.7 Å². The number of pyridine rings is 1. The SMILES string of the molecule is O=c1[nH]cc(C(O)c2ccncc2)c(=O)[nH]1. The Balaban J connectivity index is 2.46. The Morgan fingerprint density at radius 2 is 1.94 bits per heavy atom. The highest BCUT2D eigenvalue weighted by Crippen LogP contribution is 2.16. The van der Waals surface area contributed by atoms with Crippen molar-refractivity contribution in [1.82, 2.24) is 15.0 Å². The van der Waals surface area contributed by atoms with Crippen molar-refractivity contribution < 1.29 is 5.11 Å². The van der Waals surface area contributed by atoms with Crippen LogP contribution in [-0.2, 0) is 0 Å². The standard InChI is InChI=1S/C10H9N3O3/c14-8(6-1-3-11-4-2-6)7-5-12-10(16)13-9(7)15/h1-5,8,14H,(H2,12,13,15,16). The predicted molar refractivity (Wildman–Crippen MR) is 56.0 cm³/mol. The quantitative estimate of drug-likeness (QED) is 0.636. The van der Waals surface area contributed by atoms with Crippen LogP contribution in [0.25, 0.3) is 0 Å².